The third-order valence-corrected chi connectivity index (χ3v) is 2.17. The van der Waals surface area contributed by atoms with Crippen LogP contribution < -0.4 is 0 Å². The van der Waals surface area contributed by atoms with Gasteiger partial charge >= 0.3 is 12.1 Å². The Morgan fingerprint density at radius 3 is 2.67 bits per heavy atom. The second-order valence-corrected chi connectivity index (χ2v) is 3.44. The van der Waals surface area contributed by atoms with Gasteiger partial charge in [-0.1, -0.05) is 0 Å². The number of ether oxygens (including phenoxy) is 1. The van der Waals surface area contributed by atoms with Crippen LogP contribution in [0.2, 0.25) is 0 Å². The molecule has 8 heteroatoms. The van der Waals surface area contributed by atoms with Gasteiger partial charge in [0.25, 0.3) is 0 Å². The number of hydrogen-bond donors (Lipinski definition) is 0. The molecule has 0 amide bonds. The molecular weight excluding hydrogens is 253 g/mol. The highest BCUT2D eigenvalue weighted by molar-refractivity contribution is 5.77. The van der Waals surface area contributed by atoms with Gasteiger partial charge in [0.1, 0.15) is 11.7 Å². The minimum atomic E-state index is -4.67. The highest BCUT2D eigenvalue weighted by atomic mass is 19.4. The quantitative estimate of drug-likeness (QED) is 0.615. The number of esters is 1. The molecule has 0 saturated heterocycles. The molecule has 1 aromatic heterocycles. The second kappa shape index (κ2) is 5.19. The van der Waals surface area contributed by atoms with Crippen molar-refractivity contribution in [3.63, 3.8) is 0 Å². The number of hydrogen-bond acceptors (Lipinski definition) is 4. The maximum absolute atomic E-state index is 12.4. The number of aldehydes is 1. The molecule has 1 rings (SSSR count). The van der Waals surface area contributed by atoms with Crippen LogP contribution in [-0.2, 0) is 15.7 Å². The zero-order chi connectivity index (χ0) is 13.9. The van der Waals surface area contributed by atoms with Crippen molar-refractivity contribution >= 4 is 12.3 Å². The zero-order valence-corrected chi connectivity index (χ0v) is 9.69. The fourth-order valence-electron chi connectivity index (χ4n) is 1.31. The number of aromatic nitrogens is 2. The summed E-state index contributed by atoms with van der Waals surface area (Å²) in [4.78, 5) is 22.1. The number of carbonyl (C=O) groups excluding carboxylic acids is 2. The minimum absolute atomic E-state index is 0.0903. The summed E-state index contributed by atoms with van der Waals surface area (Å²) in [6.45, 7) is 2.96. The van der Waals surface area contributed by atoms with Crippen molar-refractivity contribution in [1.82, 2.24) is 9.78 Å². The van der Waals surface area contributed by atoms with Gasteiger partial charge in [0, 0.05) is 0 Å². The molecule has 1 atom stereocenters. The molecule has 0 spiro atoms. The largest absolute Gasteiger partial charge is 0.464 e. The molecular formula is C10H11F3N2O3. The van der Waals surface area contributed by atoms with Gasteiger partial charge in [-0.05, 0) is 19.9 Å². The molecule has 1 heterocycles. The van der Waals surface area contributed by atoms with Crippen LogP contribution in [0.3, 0.4) is 0 Å². The highest BCUT2D eigenvalue weighted by Crippen LogP contribution is 2.29. The lowest BCUT2D eigenvalue weighted by Gasteiger charge is -2.12. The van der Waals surface area contributed by atoms with E-state index in [1.165, 1.54) is 6.92 Å². The molecule has 0 aromatic carbocycles. The van der Waals surface area contributed by atoms with Crippen molar-refractivity contribution in [1.29, 1.82) is 0 Å². The van der Waals surface area contributed by atoms with Crippen LogP contribution in [0.1, 0.15) is 36.1 Å². The SMILES string of the molecule is CCOC(=O)[C@H](C)n1nc(C(F)(F)F)cc1C=O. The first-order valence-corrected chi connectivity index (χ1v) is 5.09. The number of nitrogens with zero attached hydrogens (tertiary/aromatic N) is 2. The first kappa shape index (κ1) is 14.2. The van der Waals surface area contributed by atoms with E-state index in [9.17, 15) is 22.8 Å². The van der Waals surface area contributed by atoms with Crippen LogP contribution in [0.15, 0.2) is 6.07 Å². The number of rotatable bonds is 4. The summed E-state index contributed by atoms with van der Waals surface area (Å²) < 4.78 is 42.6. The molecule has 0 aliphatic rings. The van der Waals surface area contributed by atoms with Gasteiger partial charge in [-0.15, -0.1) is 0 Å². The predicted octanol–water partition coefficient (Wildman–Crippen LogP) is 1.84. The predicted molar refractivity (Wildman–Crippen MR) is 54.0 cm³/mol. The van der Waals surface area contributed by atoms with Crippen LogP contribution in [0.5, 0.6) is 0 Å². The Bertz CT molecular complexity index is 454. The van der Waals surface area contributed by atoms with E-state index in [1.54, 1.807) is 6.92 Å². The lowest BCUT2D eigenvalue weighted by Crippen LogP contribution is -2.22. The van der Waals surface area contributed by atoms with Gasteiger partial charge in [-0.2, -0.15) is 18.3 Å². The van der Waals surface area contributed by atoms with Crippen molar-refractivity contribution in [3.8, 4) is 0 Å². The van der Waals surface area contributed by atoms with E-state index in [1.807, 2.05) is 0 Å². The fraction of sp³-hybridized carbons (Fsp3) is 0.500. The molecule has 5 nitrogen and oxygen atoms in total. The summed E-state index contributed by atoms with van der Waals surface area (Å²) in [6.07, 6.45) is -4.46. The Balaban J connectivity index is 3.12. The van der Waals surface area contributed by atoms with Crippen molar-refractivity contribution in [2.75, 3.05) is 6.61 Å². The van der Waals surface area contributed by atoms with Crippen LogP contribution in [-0.4, -0.2) is 28.6 Å². The summed E-state index contributed by atoms with van der Waals surface area (Å²) in [5, 5.41) is 3.22. The Labute approximate surface area is 101 Å². The van der Waals surface area contributed by atoms with E-state index in [-0.39, 0.29) is 18.6 Å². The van der Waals surface area contributed by atoms with Crippen molar-refractivity contribution in [2.45, 2.75) is 26.1 Å². The van der Waals surface area contributed by atoms with Gasteiger partial charge in [-0.3, -0.25) is 4.79 Å². The average Bonchev–Trinajstić information content (AvgIpc) is 2.71. The molecule has 0 bridgehead atoms. The topological polar surface area (TPSA) is 61.2 Å². The third kappa shape index (κ3) is 2.88. The Kier molecular flexibility index (Phi) is 4.10. The summed E-state index contributed by atoms with van der Waals surface area (Å²) in [5.41, 5.74) is -1.55. The number of alkyl halides is 3. The number of halogens is 3. The first-order chi connectivity index (χ1) is 8.31. The van der Waals surface area contributed by atoms with E-state index in [0.29, 0.717) is 10.7 Å². The van der Waals surface area contributed by atoms with Gasteiger partial charge < -0.3 is 4.74 Å². The molecule has 0 radical (unpaired) electrons. The van der Waals surface area contributed by atoms with E-state index >= 15 is 0 Å². The molecule has 0 saturated carbocycles. The Morgan fingerprint density at radius 1 is 1.61 bits per heavy atom. The fourth-order valence-corrected chi connectivity index (χ4v) is 1.31. The van der Waals surface area contributed by atoms with E-state index in [0.717, 1.165) is 0 Å². The molecule has 0 fully saturated rings. The summed E-state index contributed by atoms with van der Waals surface area (Å²) in [5.74, 6) is -0.752. The molecule has 1 aromatic rings. The third-order valence-electron chi connectivity index (χ3n) is 2.17. The first-order valence-electron chi connectivity index (χ1n) is 5.09. The summed E-state index contributed by atoms with van der Waals surface area (Å²) >= 11 is 0. The normalized spacial score (nSPS) is 13.2. The monoisotopic (exact) mass is 264 g/mol. The second-order valence-electron chi connectivity index (χ2n) is 3.44. The molecule has 100 valence electrons. The molecule has 18 heavy (non-hydrogen) atoms. The Hall–Kier alpha value is -1.86. The van der Waals surface area contributed by atoms with Crippen LogP contribution in [0.4, 0.5) is 13.2 Å². The molecule has 0 unspecified atom stereocenters. The summed E-state index contributed by atoms with van der Waals surface area (Å²) in [6, 6.07) is -0.510. The van der Waals surface area contributed by atoms with E-state index < -0.39 is 23.9 Å². The number of carbonyl (C=O) groups is 2. The van der Waals surface area contributed by atoms with E-state index in [2.05, 4.69) is 9.84 Å². The van der Waals surface area contributed by atoms with Crippen LogP contribution in [0.25, 0.3) is 0 Å². The van der Waals surface area contributed by atoms with Gasteiger partial charge in [-0.25, -0.2) is 9.48 Å². The highest BCUT2D eigenvalue weighted by Gasteiger charge is 2.36. The van der Waals surface area contributed by atoms with Gasteiger partial charge in [0.2, 0.25) is 0 Å². The lowest BCUT2D eigenvalue weighted by molar-refractivity contribution is -0.148. The lowest BCUT2D eigenvalue weighted by atomic mass is 10.3. The smallest absolute Gasteiger partial charge is 0.435 e. The van der Waals surface area contributed by atoms with Gasteiger partial charge in [0.05, 0.1) is 6.61 Å². The van der Waals surface area contributed by atoms with Crippen LogP contribution >= 0.6 is 0 Å². The van der Waals surface area contributed by atoms with Gasteiger partial charge in [0.15, 0.2) is 12.0 Å². The summed E-state index contributed by atoms with van der Waals surface area (Å²) in [7, 11) is 0. The standard InChI is InChI=1S/C10H11F3N2O3/c1-3-18-9(17)6(2)15-7(5-16)4-8(14-15)10(11,12)13/h4-6H,3H2,1-2H3/t6-/m0/s1. The minimum Gasteiger partial charge on any atom is -0.464 e. The van der Waals surface area contributed by atoms with Crippen molar-refractivity contribution < 1.29 is 27.5 Å². The molecule has 0 aliphatic heterocycles. The average molecular weight is 264 g/mol. The maximum Gasteiger partial charge on any atom is 0.435 e. The van der Waals surface area contributed by atoms with Crippen molar-refractivity contribution in [3.05, 3.63) is 17.5 Å². The maximum atomic E-state index is 12.4. The van der Waals surface area contributed by atoms with E-state index in [4.69, 9.17) is 0 Å². The molecule has 0 N–H and O–H groups in total. The zero-order valence-electron chi connectivity index (χ0n) is 9.69. The Morgan fingerprint density at radius 2 is 2.22 bits per heavy atom. The van der Waals surface area contributed by atoms with Crippen LogP contribution in [0, 0.1) is 0 Å². The van der Waals surface area contributed by atoms with Crippen molar-refractivity contribution in [2.24, 2.45) is 0 Å². The molecule has 0 aliphatic carbocycles.